The van der Waals surface area contributed by atoms with E-state index in [0.717, 1.165) is 31.9 Å². The summed E-state index contributed by atoms with van der Waals surface area (Å²) in [7, 11) is 2.08. The third kappa shape index (κ3) is 4.20. The fourth-order valence-electron chi connectivity index (χ4n) is 3.19. The van der Waals surface area contributed by atoms with Gasteiger partial charge in [0, 0.05) is 48.4 Å². The first-order valence-corrected chi connectivity index (χ1v) is 9.03. The Kier molecular flexibility index (Phi) is 5.62. The van der Waals surface area contributed by atoms with E-state index in [1.807, 2.05) is 6.07 Å². The van der Waals surface area contributed by atoms with Gasteiger partial charge in [-0.3, -0.25) is 14.9 Å². The first-order chi connectivity index (χ1) is 12.9. The van der Waals surface area contributed by atoms with Crippen LogP contribution >= 0.6 is 11.6 Å². The molecule has 142 valence electrons. The summed E-state index contributed by atoms with van der Waals surface area (Å²) >= 11 is 6.14. The number of hydrogen-bond acceptors (Lipinski definition) is 5. The van der Waals surface area contributed by atoms with Crippen LogP contribution in [-0.2, 0) is 0 Å². The standard InChI is InChI=1S/C19H21ClN4O3/c1-13-15(4-3-5-17(13)24(26)27)19(25)21-16-12-14(20)6-7-18(16)23-10-8-22(2)9-11-23/h3-7,12H,8-11H2,1-2H3,(H,21,25). The van der Waals surface area contributed by atoms with Crippen molar-refractivity contribution in [2.45, 2.75) is 6.92 Å². The van der Waals surface area contributed by atoms with Crippen LogP contribution in [0.1, 0.15) is 15.9 Å². The van der Waals surface area contributed by atoms with Gasteiger partial charge in [-0.2, -0.15) is 0 Å². The molecular weight excluding hydrogens is 368 g/mol. The molecular formula is C19H21ClN4O3. The normalized spacial score (nSPS) is 14.9. The molecule has 0 unspecified atom stereocenters. The number of hydrogen-bond donors (Lipinski definition) is 1. The monoisotopic (exact) mass is 388 g/mol. The van der Waals surface area contributed by atoms with Gasteiger partial charge < -0.3 is 15.1 Å². The van der Waals surface area contributed by atoms with Crippen LogP contribution in [0.4, 0.5) is 17.1 Å². The number of benzene rings is 2. The molecule has 1 N–H and O–H groups in total. The summed E-state index contributed by atoms with van der Waals surface area (Å²) in [5, 5.41) is 14.5. The van der Waals surface area contributed by atoms with E-state index in [1.165, 1.54) is 12.1 Å². The molecule has 27 heavy (non-hydrogen) atoms. The Hall–Kier alpha value is -2.64. The lowest BCUT2D eigenvalue weighted by molar-refractivity contribution is -0.385. The Morgan fingerprint density at radius 1 is 1.19 bits per heavy atom. The average molecular weight is 389 g/mol. The molecule has 1 aliphatic rings. The highest BCUT2D eigenvalue weighted by Crippen LogP contribution is 2.31. The molecule has 0 saturated carbocycles. The van der Waals surface area contributed by atoms with Crippen molar-refractivity contribution in [3.05, 3.63) is 62.7 Å². The average Bonchev–Trinajstić information content (AvgIpc) is 2.62. The maximum atomic E-state index is 12.8. The second-order valence-corrected chi connectivity index (χ2v) is 7.05. The number of rotatable bonds is 4. The van der Waals surface area contributed by atoms with Gasteiger partial charge in [-0.15, -0.1) is 0 Å². The minimum atomic E-state index is -0.485. The molecule has 0 bridgehead atoms. The fraction of sp³-hybridized carbons (Fsp3) is 0.316. The zero-order valence-electron chi connectivity index (χ0n) is 15.2. The summed E-state index contributed by atoms with van der Waals surface area (Å²) in [5.41, 5.74) is 2.02. The molecule has 0 aromatic heterocycles. The van der Waals surface area contributed by atoms with Gasteiger partial charge in [-0.25, -0.2) is 0 Å². The van der Waals surface area contributed by atoms with Gasteiger partial charge in [-0.1, -0.05) is 17.7 Å². The smallest absolute Gasteiger partial charge is 0.273 e. The van der Waals surface area contributed by atoms with Crippen molar-refractivity contribution >= 4 is 34.6 Å². The first-order valence-electron chi connectivity index (χ1n) is 8.65. The van der Waals surface area contributed by atoms with E-state index < -0.39 is 10.8 Å². The molecule has 1 fully saturated rings. The highest BCUT2D eigenvalue weighted by molar-refractivity contribution is 6.31. The van der Waals surface area contributed by atoms with Gasteiger partial charge >= 0.3 is 0 Å². The van der Waals surface area contributed by atoms with Crippen LogP contribution in [0.5, 0.6) is 0 Å². The Bertz CT molecular complexity index is 879. The molecule has 1 amide bonds. The van der Waals surface area contributed by atoms with E-state index in [1.54, 1.807) is 25.1 Å². The van der Waals surface area contributed by atoms with Gasteiger partial charge in [0.25, 0.3) is 11.6 Å². The molecule has 2 aromatic rings. The molecule has 0 aliphatic carbocycles. The summed E-state index contributed by atoms with van der Waals surface area (Å²) < 4.78 is 0. The lowest BCUT2D eigenvalue weighted by Crippen LogP contribution is -2.44. The number of likely N-dealkylation sites (N-methyl/N-ethyl adjacent to an activating group) is 1. The highest BCUT2D eigenvalue weighted by atomic mass is 35.5. The van der Waals surface area contributed by atoms with Crippen LogP contribution in [0.2, 0.25) is 5.02 Å². The van der Waals surface area contributed by atoms with Crippen molar-refractivity contribution in [3.8, 4) is 0 Å². The van der Waals surface area contributed by atoms with Crippen LogP contribution < -0.4 is 10.2 Å². The topological polar surface area (TPSA) is 78.7 Å². The summed E-state index contributed by atoms with van der Waals surface area (Å²) in [4.78, 5) is 27.9. The number of amides is 1. The Balaban J connectivity index is 1.89. The molecule has 1 heterocycles. The van der Waals surface area contributed by atoms with Gasteiger partial charge in [0.15, 0.2) is 0 Å². The molecule has 0 atom stereocenters. The number of nitro groups is 1. The van der Waals surface area contributed by atoms with Crippen LogP contribution in [0.25, 0.3) is 0 Å². The van der Waals surface area contributed by atoms with Gasteiger partial charge in [0.1, 0.15) is 0 Å². The molecule has 0 radical (unpaired) electrons. The van der Waals surface area contributed by atoms with Crippen LogP contribution in [0.15, 0.2) is 36.4 Å². The number of carbonyl (C=O) groups excluding carboxylic acids is 1. The van der Waals surface area contributed by atoms with Crippen molar-refractivity contribution < 1.29 is 9.72 Å². The number of piperazine rings is 1. The van der Waals surface area contributed by atoms with E-state index >= 15 is 0 Å². The minimum absolute atomic E-state index is 0.0759. The van der Waals surface area contributed by atoms with Crippen LogP contribution in [-0.4, -0.2) is 49.0 Å². The zero-order valence-corrected chi connectivity index (χ0v) is 16.0. The molecule has 7 nitrogen and oxygen atoms in total. The molecule has 2 aromatic carbocycles. The summed E-state index contributed by atoms with van der Waals surface area (Å²) in [6.45, 7) is 5.13. The van der Waals surface area contributed by atoms with Crippen molar-refractivity contribution in [1.29, 1.82) is 0 Å². The molecule has 1 aliphatic heterocycles. The maximum Gasteiger partial charge on any atom is 0.273 e. The number of anilines is 2. The molecule has 0 spiro atoms. The predicted molar refractivity (Wildman–Crippen MR) is 107 cm³/mol. The molecule has 1 saturated heterocycles. The number of nitrogens with one attached hydrogen (secondary N) is 1. The number of carbonyl (C=O) groups is 1. The third-order valence-electron chi connectivity index (χ3n) is 4.80. The molecule has 8 heteroatoms. The lowest BCUT2D eigenvalue weighted by atomic mass is 10.1. The fourth-order valence-corrected chi connectivity index (χ4v) is 3.36. The Morgan fingerprint density at radius 2 is 1.89 bits per heavy atom. The van der Waals surface area contributed by atoms with Crippen molar-refractivity contribution in [3.63, 3.8) is 0 Å². The SMILES string of the molecule is Cc1c(C(=O)Nc2cc(Cl)ccc2N2CCN(C)CC2)cccc1[N+](=O)[O-]. The second-order valence-electron chi connectivity index (χ2n) is 6.61. The Morgan fingerprint density at radius 3 is 2.56 bits per heavy atom. The van der Waals surface area contributed by atoms with Crippen molar-refractivity contribution in [2.24, 2.45) is 0 Å². The second kappa shape index (κ2) is 7.94. The number of nitro benzene ring substituents is 1. The van der Waals surface area contributed by atoms with Crippen LogP contribution in [0.3, 0.4) is 0 Å². The summed E-state index contributed by atoms with van der Waals surface area (Å²) in [5.74, 6) is -0.395. The van der Waals surface area contributed by atoms with Crippen molar-refractivity contribution in [2.75, 3.05) is 43.4 Å². The number of halogens is 1. The molecule has 3 rings (SSSR count). The summed E-state index contributed by atoms with van der Waals surface area (Å²) in [6.07, 6.45) is 0. The van der Waals surface area contributed by atoms with E-state index in [0.29, 0.717) is 16.3 Å². The zero-order chi connectivity index (χ0) is 19.6. The van der Waals surface area contributed by atoms with Gasteiger partial charge in [-0.05, 0) is 38.2 Å². The maximum absolute atomic E-state index is 12.8. The largest absolute Gasteiger partial charge is 0.367 e. The Labute approximate surface area is 162 Å². The predicted octanol–water partition coefficient (Wildman–Crippen LogP) is 3.56. The van der Waals surface area contributed by atoms with E-state index in [4.69, 9.17) is 11.6 Å². The van der Waals surface area contributed by atoms with E-state index in [-0.39, 0.29) is 11.3 Å². The van der Waals surface area contributed by atoms with E-state index in [9.17, 15) is 14.9 Å². The van der Waals surface area contributed by atoms with Crippen LogP contribution in [0, 0.1) is 17.0 Å². The highest BCUT2D eigenvalue weighted by Gasteiger charge is 2.21. The third-order valence-corrected chi connectivity index (χ3v) is 5.03. The minimum Gasteiger partial charge on any atom is -0.367 e. The number of nitrogens with zero attached hydrogens (tertiary/aromatic N) is 3. The van der Waals surface area contributed by atoms with Crippen molar-refractivity contribution in [1.82, 2.24) is 4.90 Å². The van der Waals surface area contributed by atoms with Gasteiger partial charge in [0.2, 0.25) is 0 Å². The lowest BCUT2D eigenvalue weighted by Gasteiger charge is -2.35. The van der Waals surface area contributed by atoms with Gasteiger partial charge in [0.05, 0.1) is 16.3 Å². The first kappa shape index (κ1) is 19.1. The summed E-state index contributed by atoms with van der Waals surface area (Å²) in [6, 6.07) is 9.88. The quantitative estimate of drug-likeness (QED) is 0.640. The van der Waals surface area contributed by atoms with E-state index in [2.05, 4.69) is 22.2 Å².